The summed E-state index contributed by atoms with van der Waals surface area (Å²) in [6.07, 6.45) is 7.58. The zero-order valence-corrected chi connectivity index (χ0v) is 15.8. The van der Waals surface area contributed by atoms with Crippen LogP contribution in [-0.4, -0.2) is 61.5 Å². The average molecular weight is 348 g/mol. The average Bonchev–Trinajstić information content (AvgIpc) is 3.18. The van der Waals surface area contributed by atoms with Crippen molar-refractivity contribution in [3.8, 4) is 0 Å². The standard InChI is InChI=1S/C19H33N5O/c1-14(2)24-12-16(25)10-17(24)19-21-20-18-13-22(8-9-23(18)19)11-15-6-4-3-5-7-15/h14-17,25H,3-13H2,1-2H3/t16-,17-/m0/s1. The Balaban J connectivity index is 1.45. The molecule has 0 spiro atoms. The molecule has 140 valence electrons. The topological polar surface area (TPSA) is 57.4 Å². The first-order valence-electron chi connectivity index (χ1n) is 10.2. The molecule has 3 heterocycles. The van der Waals surface area contributed by atoms with E-state index in [2.05, 4.69) is 38.4 Å². The van der Waals surface area contributed by atoms with Crippen molar-refractivity contribution in [3.05, 3.63) is 11.6 Å². The maximum atomic E-state index is 10.1. The number of aliphatic hydroxyl groups excluding tert-OH is 1. The van der Waals surface area contributed by atoms with Gasteiger partial charge < -0.3 is 9.67 Å². The normalized spacial score (nSPS) is 29.4. The molecule has 0 amide bonds. The second-order valence-electron chi connectivity index (χ2n) is 8.56. The Kier molecular flexibility index (Phi) is 5.11. The van der Waals surface area contributed by atoms with Crippen molar-refractivity contribution in [1.82, 2.24) is 24.6 Å². The molecule has 1 aromatic rings. The minimum atomic E-state index is -0.244. The van der Waals surface area contributed by atoms with Crippen LogP contribution in [0.1, 0.15) is 70.1 Å². The third kappa shape index (κ3) is 3.62. The smallest absolute Gasteiger partial charge is 0.150 e. The fourth-order valence-corrected chi connectivity index (χ4v) is 5.03. The van der Waals surface area contributed by atoms with E-state index in [0.29, 0.717) is 6.04 Å². The minimum absolute atomic E-state index is 0.209. The van der Waals surface area contributed by atoms with E-state index in [9.17, 15) is 5.11 Å². The predicted molar refractivity (Wildman–Crippen MR) is 97.1 cm³/mol. The molecule has 0 aromatic carbocycles. The fourth-order valence-electron chi connectivity index (χ4n) is 5.03. The van der Waals surface area contributed by atoms with Crippen molar-refractivity contribution in [2.75, 3.05) is 19.6 Å². The Morgan fingerprint density at radius 1 is 1.12 bits per heavy atom. The Morgan fingerprint density at radius 3 is 2.68 bits per heavy atom. The summed E-state index contributed by atoms with van der Waals surface area (Å²) < 4.78 is 2.33. The molecule has 1 N–H and O–H groups in total. The van der Waals surface area contributed by atoms with Gasteiger partial charge in [-0.2, -0.15) is 0 Å². The highest BCUT2D eigenvalue weighted by molar-refractivity contribution is 5.07. The molecule has 6 heteroatoms. The molecule has 0 unspecified atom stereocenters. The van der Waals surface area contributed by atoms with Gasteiger partial charge in [0.2, 0.25) is 0 Å². The van der Waals surface area contributed by atoms with E-state index in [4.69, 9.17) is 0 Å². The molecule has 2 fully saturated rings. The van der Waals surface area contributed by atoms with Crippen molar-refractivity contribution < 1.29 is 5.11 Å². The molecule has 6 nitrogen and oxygen atoms in total. The molecule has 3 aliphatic rings. The second kappa shape index (κ2) is 7.33. The van der Waals surface area contributed by atoms with Gasteiger partial charge in [0.25, 0.3) is 0 Å². The lowest BCUT2D eigenvalue weighted by Crippen LogP contribution is -2.39. The molecule has 1 aromatic heterocycles. The highest BCUT2D eigenvalue weighted by Crippen LogP contribution is 2.34. The van der Waals surface area contributed by atoms with Crippen LogP contribution >= 0.6 is 0 Å². The molecule has 25 heavy (non-hydrogen) atoms. The lowest BCUT2D eigenvalue weighted by molar-refractivity contribution is 0.150. The van der Waals surface area contributed by atoms with Crippen LogP contribution in [-0.2, 0) is 13.1 Å². The Hall–Kier alpha value is -0.980. The lowest BCUT2D eigenvalue weighted by Gasteiger charge is -2.33. The van der Waals surface area contributed by atoms with Gasteiger partial charge in [-0.25, -0.2) is 0 Å². The zero-order chi connectivity index (χ0) is 17.4. The highest BCUT2D eigenvalue weighted by Gasteiger charge is 2.38. The number of aliphatic hydroxyl groups is 1. The summed E-state index contributed by atoms with van der Waals surface area (Å²) in [5, 5.41) is 19.2. The van der Waals surface area contributed by atoms with Gasteiger partial charge in [-0.1, -0.05) is 19.3 Å². The highest BCUT2D eigenvalue weighted by atomic mass is 16.3. The zero-order valence-electron chi connectivity index (χ0n) is 15.8. The van der Waals surface area contributed by atoms with E-state index in [1.165, 1.54) is 38.6 Å². The van der Waals surface area contributed by atoms with Crippen LogP contribution in [0.5, 0.6) is 0 Å². The van der Waals surface area contributed by atoms with E-state index in [1.54, 1.807) is 0 Å². The second-order valence-corrected chi connectivity index (χ2v) is 8.56. The molecule has 2 atom stereocenters. The molecular formula is C19H33N5O. The molecule has 0 radical (unpaired) electrons. The summed E-state index contributed by atoms with van der Waals surface area (Å²) in [5.41, 5.74) is 0. The first-order chi connectivity index (χ1) is 12.1. The fraction of sp³-hybridized carbons (Fsp3) is 0.895. The molecule has 1 saturated carbocycles. The number of nitrogens with zero attached hydrogens (tertiary/aromatic N) is 5. The molecule has 1 saturated heterocycles. The van der Waals surface area contributed by atoms with Crippen LogP contribution in [0, 0.1) is 5.92 Å². The van der Waals surface area contributed by atoms with E-state index in [1.807, 2.05) is 0 Å². The molecular weight excluding hydrogens is 314 g/mol. The molecule has 4 rings (SSSR count). The van der Waals surface area contributed by atoms with Crippen molar-refractivity contribution in [2.45, 2.75) is 83.6 Å². The van der Waals surface area contributed by atoms with Crippen LogP contribution in [0.2, 0.25) is 0 Å². The van der Waals surface area contributed by atoms with Crippen LogP contribution in [0.4, 0.5) is 0 Å². The monoisotopic (exact) mass is 347 g/mol. The largest absolute Gasteiger partial charge is 0.392 e. The summed E-state index contributed by atoms with van der Waals surface area (Å²) in [6.45, 7) is 9.39. The van der Waals surface area contributed by atoms with Gasteiger partial charge in [-0.05, 0) is 39.0 Å². The third-order valence-electron chi connectivity index (χ3n) is 6.38. The van der Waals surface area contributed by atoms with Gasteiger partial charge in [0.05, 0.1) is 18.7 Å². The number of hydrogen-bond donors (Lipinski definition) is 1. The summed E-state index contributed by atoms with van der Waals surface area (Å²) in [4.78, 5) is 4.95. The quantitative estimate of drug-likeness (QED) is 0.905. The van der Waals surface area contributed by atoms with E-state index in [0.717, 1.165) is 50.2 Å². The first-order valence-corrected chi connectivity index (χ1v) is 10.2. The maximum Gasteiger partial charge on any atom is 0.150 e. The number of β-amino-alcohol motifs (C(OH)–C–C–N with tert-alkyl or cyclic N) is 1. The number of hydrogen-bond acceptors (Lipinski definition) is 5. The summed E-state index contributed by atoms with van der Waals surface area (Å²) in [7, 11) is 0. The minimum Gasteiger partial charge on any atom is -0.392 e. The molecule has 1 aliphatic carbocycles. The van der Waals surface area contributed by atoms with Crippen molar-refractivity contribution in [3.63, 3.8) is 0 Å². The maximum absolute atomic E-state index is 10.1. The van der Waals surface area contributed by atoms with Crippen LogP contribution in [0.25, 0.3) is 0 Å². The number of fused-ring (bicyclic) bond motifs is 1. The van der Waals surface area contributed by atoms with Crippen molar-refractivity contribution in [2.24, 2.45) is 5.92 Å². The van der Waals surface area contributed by atoms with Crippen molar-refractivity contribution in [1.29, 1.82) is 0 Å². The summed E-state index contributed by atoms with van der Waals surface area (Å²) >= 11 is 0. The summed E-state index contributed by atoms with van der Waals surface area (Å²) in [6, 6.07) is 0.627. The molecule has 0 bridgehead atoms. The van der Waals surface area contributed by atoms with E-state index >= 15 is 0 Å². The van der Waals surface area contributed by atoms with Crippen LogP contribution in [0.3, 0.4) is 0 Å². The van der Waals surface area contributed by atoms with E-state index < -0.39 is 0 Å². The van der Waals surface area contributed by atoms with E-state index in [-0.39, 0.29) is 12.1 Å². The summed E-state index contributed by atoms with van der Waals surface area (Å²) in [5.74, 6) is 3.06. The van der Waals surface area contributed by atoms with Gasteiger partial charge >= 0.3 is 0 Å². The Labute approximate surface area is 151 Å². The molecule has 2 aliphatic heterocycles. The van der Waals surface area contributed by atoms with Crippen molar-refractivity contribution >= 4 is 0 Å². The Morgan fingerprint density at radius 2 is 1.92 bits per heavy atom. The van der Waals surface area contributed by atoms with Gasteiger partial charge in [-0.15, -0.1) is 10.2 Å². The SMILES string of the molecule is CC(C)N1C[C@@H](O)C[C@H]1c1nnc2n1CCN(CC1CCCCC1)C2. The number of aromatic nitrogens is 3. The van der Waals surface area contributed by atoms with Gasteiger partial charge in [0.15, 0.2) is 5.82 Å². The van der Waals surface area contributed by atoms with Gasteiger partial charge in [-0.3, -0.25) is 9.80 Å². The third-order valence-corrected chi connectivity index (χ3v) is 6.38. The van der Waals surface area contributed by atoms with Gasteiger partial charge in [0.1, 0.15) is 5.82 Å². The predicted octanol–water partition coefficient (Wildman–Crippen LogP) is 2.19. The lowest BCUT2D eigenvalue weighted by atomic mass is 9.89. The van der Waals surface area contributed by atoms with Gasteiger partial charge in [0, 0.05) is 32.2 Å². The number of rotatable bonds is 4. The number of likely N-dealkylation sites (tertiary alicyclic amines) is 1. The Bertz CT molecular complexity index is 580. The first kappa shape index (κ1) is 17.4. The van der Waals surface area contributed by atoms with Crippen LogP contribution < -0.4 is 0 Å². The van der Waals surface area contributed by atoms with Crippen LogP contribution in [0.15, 0.2) is 0 Å².